The van der Waals surface area contributed by atoms with Crippen molar-refractivity contribution in [2.24, 2.45) is 0 Å². The fraction of sp³-hybridized carbons (Fsp3) is 0.286. The number of carbonyl (C=O) groups excluding carboxylic acids is 1. The summed E-state index contributed by atoms with van der Waals surface area (Å²) >= 11 is 13.5. The van der Waals surface area contributed by atoms with Gasteiger partial charge in [-0.05, 0) is 19.1 Å². The van der Waals surface area contributed by atoms with E-state index in [0.29, 0.717) is 40.3 Å². The van der Waals surface area contributed by atoms with Gasteiger partial charge in [0.2, 0.25) is 0 Å². The van der Waals surface area contributed by atoms with Crippen molar-refractivity contribution in [1.82, 2.24) is 4.98 Å². The van der Waals surface area contributed by atoms with Gasteiger partial charge in [0, 0.05) is 11.8 Å². The van der Waals surface area contributed by atoms with Gasteiger partial charge in [-0.2, -0.15) is 0 Å². The maximum Gasteiger partial charge on any atom is 0.306 e. The first-order valence-corrected chi connectivity index (χ1v) is 8.04. The predicted molar refractivity (Wildman–Crippen MR) is 86.8 cm³/mol. The van der Waals surface area contributed by atoms with E-state index in [4.69, 9.17) is 27.9 Å². The van der Waals surface area contributed by atoms with Gasteiger partial charge in [0.05, 0.1) is 34.5 Å². The summed E-state index contributed by atoms with van der Waals surface area (Å²) in [5.41, 5.74) is 1.55. The van der Waals surface area contributed by atoms with Crippen LogP contribution in [0.15, 0.2) is 23.6 Å². The Labute approximate surface area is 137 Å². The highest BCUT2D eigenvalue weighted by molar-refractivity contribution is 7.13. The summed E-state index contributed by atoms with van der Waals surface area (Å²) in [5.74, 6) is -0.210. The zero-order valence-electron chi connectivity index (χ0n) is 11.4. The molecule has 0 fully saturated rings. The number of anilines is 2. The van der Waals surface area contributed by atoms with Crippen LogP contribution in [0.1, 0.15) is 19.0 Å². The van der Waals surface area contributed by atoms with E-state index in [1.807, 2.05) is 17.5 Å². The minimum absolute atomic E-state index is 0.210. The fourth-order valence-corrected chi connectivity index (χ4v) is 2.76. The Morgan fingerprint density at radius 1 is 1.43 bits per heavy atom. The van der Waals surface area contributed by atoms with Crippen LogP contribution in [0.25, 0.3) is 0 Å². The lowest BCUT2D eigenvalue weighted by Gasteiger charge is -2.05. The Hall–Kier alpha value is -1.30. The number of aryl methyl sites for hydroxylation is 1. The molecule has 0 radical (unpaired) electrons. The zero-order valence-corrected chi connectivity index (χ0v) is 13.7. The molecule has 0 unspecified atom stereocenters. The second kappa shape index (κ2) is 7.64. The SMILES string of the molecule is CCOC(=O)CCc1csc(Nc2cccc(Cl)c2Cl)n1. The number of halogens is 2. The molecule has 0 atom stereocenters. The molecule has 1 aromatic carbocycles. The molecule has 0 amide bonds. The molecule has 0 spiro atoms. The Kier molecular flexibility index (Phi) is 5.85. The third-order valence-corrected chi connectivity index (χ3v) is 4.26. The van der Waals surface area contributed by atoms with E-state index >= 15 is 0 Å². The van der Waals surface area contributed by atoms with Gasteiger partial charge in [-0.25, -0.2) is 4.98 Å². The van der Waals surface area contributed by atoms with Crippen molar-refractivity contribution in [2.45, 2.75) is 19.8 Å². The Balaban J connectivity index is 1.97. The molecule has 0 saturated heterocycles. The molecule has 0 aliphatic rings. The van der Waals surface area contributed by atoms with E-state index < -0.39 is 0 Å². The van der Waals surface area contributed by atoms with Gasteiger partial charge in [-0.3, -0.25) is 4.79 Å². The first-order valence-electron chi connectivity index (χ1n) is 6.41. The van der Waals surface area contributed by atoms with Gasteiger partial charge in [0.1, 0.15) is 0 Å². The van der Waals surface area contributed by atoms with Crippen molar-refractivity contribution in [2.75, 3.05) is 11.9 Å². The van der Waals surface area contributed by atoms with Gasteiger partial charge in [-0.1, -0.05) is 29.3 Å². The smallest absolute Gasteiger partial charge is 0.306 e. The molecule has 1 N–H and O–H groups in total. The Morgan fingerprint density at radius 3 is 3.00 bits per heavy atom. The number of nitrogens with zero attached hydrogens (tertiary/aromatic N) is 1. The number of carbonyl (C=O) groups is 1. The number of ether oxygens (including phenoxy) is 1. The first-order chi connectivity index (χ1) is 10.1. The minimum Gasteiger partial charge on any atom is -0.466 e. The Morgan fingerprint density at radius 2 is 2.24 bits per heavy atom. The van der Waals surface area contributed by atoms with Crippen LogP contribution in [0.5, 0.6) is 0 Å². The molecule has 7 heteroatoms. The molecule has 1 heterocycles. The molecule has 2 rings (SSSR count). The maximum absolute atomic E-state index is 11.3. The number of esters is 1. The second-order valence-corrected chi connectivity index (χ2v) is 5.82. The van der Waals surface area contributed by atoms with Crippen molar-refractivity contribution < 1.29 is 9.53 Å². The van der Waals surface area contributed by atoms with Crippen molar-refractivity contribution >= 4 is 51.3 Å². The number of rotatable bonds is 6. The normalized spacial score (nSPS) is 10.4. The van der Waals surface area contributed by atoms with Crippen LogP contribution in [0.3, 0.4) is 0 Å². The quantitative estimate of drug-likeness (QED) is 0.772. The van der Waals surface area contributed by atoms with Crippen molar-refractivity contribution in [3.8, 4) is 0 Å². The number of thiazole rings is 1. The minimum atomic E-state index is -0.210. The maximum atomic E-state index is 11.3. The van der Waals surface area contributed by atoms with Crippen LogP contribution < -0.4 is 5.32 Å². The van der Waals surface area contributed by atoms with Crippen molar-refractivity contribution in [3.05, 3.63) is 39.3 Å². The van der Waals surface area contributed by atoms with Crippen LogP contribution in [0.2, 0.25) is 10.0 Å². The molecule has 2 aromatic rings. The number of hydrogen-bond donors (Lipinski definition) is 1. The van der Waals surface area contributed by atoms with E-state index in [2.05, 4.69) is 10.3 Å². The monoisotopic (exact) mass is 344 g/mol. The van der Waals surface area contributed by atoms with Gasteiger partial charge in [-0.15, -0.1) is 11.3 Å². The van der Waals surface area contributed by atoms with E-state index in [-0.39, 0.29) is 5.97 Å². The average molecular weight is 345 g/mol. The average Bonchev–Trinajstić information content (AvgIpc) is 2.90. The Bertz CT molecular complexity index is 631. The predicted octanol–water partition coefficient (Wildman–Crippen LogP) is 4.69. The van der Waals surface area contributed by atoms with E-state index in [0.717, 1.165) is 5.69 Å². The zero-order chi connectivity index (χ0) is 15.2. The summed E-state index contributed by atoms with van der Waals surface area (Å²) in [4.78, 5) is 15.7. The number of hydrogen-bond acceptors (Lipinski definition) is 5. The van der Waals surface area contributed by atoms with Crippen LogP contribution >= 0.6 is 34.5 Å². The number of nitrogens with one attached hydrogen (secondary N) is 1. The van der Waals surface area contributed by atoms with E-state index in [1.54, 1.807) is 13.0 Å². The summed E-state index contributed by atoms with van der Waals surface area (Å²) in [6, 6.07) is 5.36. The van der Waals surface area contributed by atoms with Gasteiger partial charge in [0.15, 0.2) is 5.13 Å². The third-order valence-electron chi connectivity index (χ3n) is 2.64. The molecule has 0 aliphatic carbocycles. The van der Waals surface area contributed by atoms with E-state index in [9.17, 15) is 4.79 Å². The van der Waals surface area contributed by atoms with Crippen molar-refractivity contribution in [3.63, 3.8) is 0 Å². The highest BCUT2D eigenvalue weighted by Crippen LogP contribution is 2.32. The molecular formula is C14H14Cl2N2O2S. The number of benzene rings is 1. The molecule has 0 aliphatic heterocycles. The van der Waals surface area contributed by atoms with E-state index in [1.165, 1.54) is 11.3 Å². The topological polar surface area (TPSA) is 51.2 Å². The lowest BCUT2D eigenvalue weighted by atomic mass is 10.2. The summed E-state index contributed by atoms with van der Waals surface area (Å²) in [6.07, 6.45) is 0.884. The van der Waals surface area contributed by atoms with Crippen molar-refractivity contribution in [1.29, 1.82) is 0 Å². The molecule has 4 nitrogen and oxygen atoms in total. The molecule has 0 saturated carbocycles. The molecule has 1 aromatic heterocycles. The van der Waals surface area contributed by atoms with Crippen LogP contribution in [0, 0.1) is 0 Å². The molecule has 21 heavy (non-hydrogen) atoms. The summed E-state index contributed by atoms with van der Waals surface area (Å²) in [6.45, 7) is 2.19. The highest BCUT2D eigenvalue weighted by atomic mass is 35.5. The summed E-state index contributed by atoms with van der Waals surface area (Å²) in [5, 5.41) is 6.68. The third kappa shape index (κ3) is 4.59. The fourth-order valence-electron chi connectivity index (χ4n) is 1.66. The van der Waals surface area contributed by atoms with Crippen LogP contribution in [-0.2, 0) is 16.0 Å². The first kappa shape index (κ1) is 16.1. The van der Waals surface area contributed by atoms with Crippen LogP contribution in [-0.4, -0.2) is 17.6 Å². The van der Waals surface area contributed by atoms with Crippen LogP contribution in [0.4, 0.5) is 10.8 Å². The summed E-state index contributed by atoms with van der Waals surface area (Å²) in [7, 11) is 0. The number of aromatic nitrogens is 1. The van der Waals surface area contributed by atoms with Gasteiger partial charge >= 0.3 is 5.97 Å². The standard InChI is InChI=1S/C14H14Cl2N2O2S/c1-2-20-12(19)7-6-9-8-21-14(17-9)18-11-5-3-4-10(15)13(11)16/h3-5,8H,2,6-7H2,1H3,(H,17,18). The lowest BCUT2D eigenvalue weighted by molar-refractivity contribution is -0.143. The largest absolute Gasteiger partial charge is 0.466 e. The highest BCUT2D eigenvalue weighted by Gasteiger charge is 2.09. The second-order valence-electron chi connectivity index (χ2n) is 4.18. The van der Waals surface area contributed by atoms with Gasteiger partial charge < -0.3 is 10.1 Å². The molecular weight excluding hydrogens is 331 g/mol. The molecule has 0 bridgehead atoms. The summed E-state index contributed by atoms with van der Waals surface area (Å²) < 4.78 is 4.88. The lowest BCUT2D eigenvalue weighted by Crippen LogP contribution is -2.05. The van der Waals surface area contributed by atoms with Gasteiger partial charge in [0.25, 0.3) is 0 Å². The molecule has 112 valence electrons.